The molecule has 11 heavy (non-hydrogen) atoms. The Labute approximate surface area is 75.9 Å². The van der Waals surface area contributed by atoms with Gasteiger partial charge in [-0.2, -0.15) is 0 Å². The zero-order valence-corrected chi connectivity index (χ0v) is 7.55. The first kappa shape index (κ1) is 8.63. The van der Waals surface area contributed by atoms with E-state index >= 15 is 0 Å². The lowest BCUT2D eigenvalue weighted by Gasteiger charge is -2.00. The molecule has 0 spiro atoms. The number of anilines is 1. The van der Waals surface area contributed by atoms with Crippen LogP contribution in [0.4, 0.5) is 14.5 Å². The van der Waals surface area contributed by atoms with Crippen molar-refractivity contribution in [1.29, 1.82) is 0 Å². The Kier molecular flexibility index (Phi) is 2.58. The standard InChI is InChI=1S/C6H5F2IN2/c7-6(8)4-1-3(10)2-5(9)11-4/h1-2,6H,(H2,10,11). The van der Waals surface area contributed by atoms with Crippen molar-refractivity contribution in [3.05, 3.63) is 21.5 Å². The monoisotopic (exact) mass is 270 g/mol. The molecule has 0 radical (unpaired) electrons. The molecule has 5 heteroatoms. The third-order valence-corrected chi connectivity index (χ3v) is 1.61. The molecule has 2 N–H and O–H groups in total. The van der Waals surface area contributed by atoms with Gasteiger partial charge in [0.2, 0.25) is 0 Å². The van der Waals surface area contributed by atoms with Gasteiger partial charge in [0.1, 0.15) is 9.39 Å². The highest BCUT2D eigenvalue weighted by Crippen LogP contribution is 2.19. The van der Waals surface area contributed by atoms with E-state index in [1.165, 1.54) is 12.1 Å². The molecule has 0 aliphatic carbocycles. The molecule has 0 unspecified atom stereocenters. The molecule has 0 bridgehead atoms. The minimum atomic E-state index is -2.55. The maximum Gasteiger partial charge on any atom is 0.280 e. The summed E-state index contributed by atoms with van der Waals surface area (Å²) in [6, 6.07) is 2.71. The summed E-state index contributed by atoms with van der Waals surface area (Å²) in [5.74, 6) is 0. The number of hydrogen-bond donors (Lipinski definition) is 1. The van der Waals surface area contributed by atoms with Crippen LogP contribution < -0.4 is 5.73 Å². The summed E-state index contributed by atoms with van der Waals surface area (Å²) in [7, 11) is 0. The summed E-state index contributed by atoms with van der Waals surface area (Å²) in [4.78, 5) is 3.59. The number of aromatic nitrogens is 1. The summed E-state index contributed by atoms with van der Waals surface area (Å²) >= 11 is 1.84. The Balaban J connectivity index is 3.08. The number of hydrogen-bond acceptors (Lipinski definition) is 2. The molecule has 2 nitrogen and oxygen atoms in total. The van der Waals surface area contributed by atoms with E-state index in [1.807, 2.05) is 22.6 Å². The minimum absolute atomic E-state index is 0.269. The summed E-state index contributed by atoms with van der Waals surface area (Å²) < 4.78 is 24.5. The smallest absolute Gasteiger partial charge is 0.280 e. The van der Waals surface area contributed by atoms with Crippen molar-refractivity contribution >= 4 is 28.3 Å². The summed E-state index contributed by atoms with van der Waals surface area (Å²) in [5, 5.41) is 0. The Morgan fingerprint density at radius 1 is 1.45 bits per heavy atom. The molecule has 1 aromatic heterocycles. The first-order valence-corrected chi connectivity index (χ1v) is 3.88. The van der Waals surface area contributed by atoms with Crippen LogP contribution in [-0.2, 0) is 0 Å². The number of nitrogens with zero attached hydrogens (tertiary/aromatic N) is 1. The molecule has 0 fully saturated rings. The number of nitrogens with two attached hydrogens (primary N) is 1. The van der Waals surface area contributed by atoms with E-state index in [4.69, 9.17) is 5.73 Å². The second kappa shape index (κ2) is 3.29. The second-order valence-corrected chi connectivity index (χ2v) is 3.05. The SMILES string of the molecule is Nc1cc(I)nc(C(F)F)c1. The molecule has 0 amide bonds. The average Bonchev–Trinajstić information content (AvgIpc) is 1.85. The van der Waals surface area contributed by atoms with Crippen molar-refractivity contribution in [2.45, 2.75) is 6.43 Å². The van der Waals surface area contributed by atoms with Gasteiger partial charge in [0.05, 0.1) is 0 Å². The number of alkyl halides is 2. The van der Waals surface area contributed by atoms with E-state index < -0.39 is 6.43 Å². The second-order valence-electron chi connectivity index (χ2n) is 1.95. The molecular formula is C6H5F2IN2. The van der Waals surface area contributed by atoms with Crippen LogP contribution in [0.2, 0.25) is 0 Å². The molecule has 1 rings (SSSR count). The van der Waals surface area contributed by atoms with E-state index in [0.29, 0.717) is 9.39 Å². The molecule has 60 valence electrons. The zero-order chi connectivity index (χ0) is 8.43. The van der Waals surface area contributed by atoms with Gasteiger partial charge < -0.3 is 5.73 Å². The highest BCUT2D eigenvalue weighted by molar-refractivity contribution is 14.1. The summed E-state index contributed by atoms with van der Waals surface area (Å²) in [6.07, 6.45) is -2.55. The van der Waals surface area contributed by atoms with Crippen LogP contribution in [0.1, 0.15) is 12.1 Å². The number of nitrogen functional groups attached to an aromatic ring is 1. The third kappa shape index (κ3) is 2.25. The van der Waals surface area contributed by atoms with Crippen LogP contribution >= 0.6 is 22.6 Å². The zero-order valence-electron chi connectivity index (χ0n) is 5.39. The van der Waals surface area contributed by atoms with Crippen molar-refractivity contribution in [2.24, 2.45) is 0 Å². The van der Waals surface area contributed by atoms with E-state index in [-0.39, 0.29) is 5.69 Å². The quantitative estimate of drug-likeness (QED) is 0.627. The van der Waals surface area contributed by atoms with Gasteiger partial charge in [-0.05, 0) is 34.7 Å². The maximum atomic E-state index is 12.0. The van der Waals surface area contributed by atoms with Crippen molar-refractivity contribution in [1.82, 2.24) is 4.98 Å². The molecule has 1 aromatic rings. The largest absolute Gasteiger partial charge is 0.399 e. The Morgan fingerprint density at radius 2 is 2.09 bits per heavy atom. The van der Waals surface area contributed by atoms with Crippen molar-refractivity contribution in [2.75, 3.05) is 5.73 Å². The lowest BCUT2D eigenvalue weighted by Crippen LogP contribution is -1.95. The lowest BCUT2D eigenvalue weighted by molar-refractivity contribution is 0.146. The van der Waals surface area contributed by atoms with Crippen LogP contribution in [0, 0.1) is 3.70 Å². The van der Waals surface area contributed by atoms with Crippen LogP contribution in [0.5, 0.6) is 0 Å². The van der Waals surface area contributed by atoms with Crippen LogP contribution in [0.3, 0.4) is 0 Å². The Bertz CT molecular complexity index is 245. The fourth-order valence-corrected chi connectivity index (χ4v) is 1.29. The highest BCUT2D eigenvalue weighted by Gasteiger charge is 2.09. The maximum absolute atomic E-state index is 12.0. The molecule has 1 heterocycles. The van der Waals surface area contributed by atoms with E-state index in [9.17, 15) is 8.78 Å². The molecule has 0 saturated carbocycles. The normalized spacial score (nSPS) is 10.5. The van der Waals surface area contributed by atoms with Gasteiger partial charge in [0.15, 0.2) is 0 Å². The van der Waals surface area contributed by atoms with Gasteiger partial charge in [-0.15, -0.1) is 0 Å². The number of rotatable bonds is 1. The first-order chi connectivity index (χ1) is 5.09. The van der Waals surface area contributed by atoms with Gasteiger partial charge in [0, 0.05) is 5.69 Å². The highest BCUT2D eigenvalue weighted by atomic mass is 127. The predicted octanol–water partition coefficient (Wildman–Crippen LogP) is 2.21. The first-order valence-electron chi connectivity index (χ1n) is 2.80. The molecule has 0 atom stereocenters. The minimum Gasteiger partial charge on any atom is -0.399 e. The van der Waals surface area contributed by atoms with Crippen LogP contribution in [0.25, 0.3) is 0 Å². The van der Waals surface area contributed by atoms with Gasteiger partial charge in [-0.25, -0.2) is 13.8 Å². The van der Waals surface area contributed by atoms with Crippen molar-refractivity contribution < 1.29 is 8.78 Å². The molecule has 0 aliphatic rings. The molecule has 0 saturated heterocycles. The van der Waals surface area contributed by atoms with Gasteiger partial charge in [-0.3, -0.25) is 0 Å². The topological polar surface area (TPSA) is 38.9 Å². The van der Waals surface area contributed by atoms with Gasteiger partial charge >= 0.3 is 0 Å². The summed E-state index contributed by atoms with van der Waals surface area (Å²) in [6.45, 7) is 0. The molecule has 0 aliphatic heterocycles. The van der Waals surface area contributed by atoms with Crippen molar-refractivity contribution in [3.63, 3.8) is 0 Å². The third-order valence-electron chi connectivity index (χ3n) is 1.06. The number of pyridine rings is 1. The molecular weight excluding hydrogens is 265 g/mol. The fraction of sp³-hybridized carbons (Fsp3) is 0.167. The van der Waals surface area contributed by atoms with Crippen LogP contribution in [0.15, 0.2) is 12.1 Å². The lowest BCUT2D eigenvalue weighted by atomic mass is 10.3. The fourth-order valence-electron chi connectivity index (χ4n) is 0.650. The summed E-state index contributed by atoms with van der Waals surface area (Å²) in [5.41, 5.74) is 5.37. The van der Waals surface area contributed by atoms with Gasteiger partial charge in [0.25, 0.3) is 6.43 Å². The van der Waals surface area contributed by atoms with E-state index in [2.05, 4.69) is 4.98 Å². The van der Waals surface area contributed by atoms with Crippen molar-refractivity contribution in [3.8, 4) is 0 Å². The predicted molar refractivity (Wildman–Crippen MR) is 46.3 cm³/mol. The van der Waals surface area contributed by atoms with E-state index in [1.54, 1.807) is 0 Å². The van der Waals surface area contributed by atoms with Crippen LogP contribution in [-0.4, -0.2) is 4.98 Å². The Morgan fingerprint density at radius 3 is 2.55 bits per heavy atom. The number of halogens is 3. The Hall–Kier alpha value is -0.460. The van der Waals surface area contributed by atoms with E-state index in [0.717, 1.165) is 0 Å². The molecule has 0 aromatic carbocycles. The van der Waals surface area contributed by atoms with Gasteiger partial charge in [-0.1, -0.05) is 0 Å². The average molecular weight is 270 g/mol.